The highest BCUT2D eigenvalue weighted by atomic mass is 19.2. The first-order valence-corrected chi connectivity index (χ1v) is 4.13. The Balaban J connectivity index is 2.22. The summed E-state index contributed by atoms with van der Waals surface area (Å²) in [4.78, 5) is 10.7. The van der Waals surface area contributed by atoms with E-state index in [2.05, 4.69) is 0 Å². The van der Waals surface area contributed by atoms with Crippen LogP contribution >= 0.6 is 0 Å². The molecule has 1 aromatic rings. The standard InChI is InChI=1S/C10H8F2O/c11-9-2-1-6(5-10(9)12)7-3-8(13)4-7/h1-2,5,7H,3-4H2. The predicted molar refractivity (Wildman–Crippen MR) is 43.3 cm³/mol. The van der Waals surface area contributed by atoms with Crippen LogP contribution in [0.2, 0.25) is 0 Å². The van der Waals surface area contributed by atoms with Gasteiger partial charge in [-0.3, -0.25) is 4.79 Å². The first-order chi connectivity index (χ1) is 6.16. The Morgan fingerprint density at radius 3 is 2.38 bits per heavy atom. The number of carbonyl (C=O) groups excluding carboxylic acids is 1. The van der Waals surface area contributed by atoms with Crippen molar-refractivity contribution in [3.63, 3.8) is 0 Å². The van der Waals surface area contributed by atoms with E-state index in [1.54, 1.807) is 0 Å². The van der Waals surface area contributed by atoms with Gasteiger partial charge in [-0.05, 0) is 23.6 Å². The molecule has 0 aliphatic heterocycles. The highest BCUT2D eigenvalue weighted by Gasteiger charge is 2.28. The molecule has 0 saturated heterocycles. The van der Waals surface area contributed by atoms with Crippen LogP contribution in [0.25, 0.3) is 0 Å². The summed E-state index contributed by atoms with van der Waals surface area (Å²) in [5, 5.41) is 0. The lowest BCUT2D eigenvalue weighted by atomic mass is 9.79. The summed E-state index contributed by atoms with van der Waals surface area (Å²) in [5.41, 5.74) is 0.721. The molecule has 0 amide bonds. The summed E-state index contributed by atoms with van der Waals surface area (Å²) in [6.45, 7) is 0. The Bertz CT molecular complexity index is 352. The zero-order valence-electron chi connectivity index (χ0n) is 6.89. The van der Waals surface area contributed by atoms with Crippen LogP contribution in [0.15, 0.2) is 18.2 Å². The van der Waals surface area contributed by atoms with E-state index in [9.17, 15) is 13.6 Å². The minimum absolute atomic E-state index is 0.0996. The summed E-state index contributed by atoms with van der Waals surface area (Å²) < 4.78 is 25.3. The van der Waals surface area contributed by atoms with Crippen molar-refractivity contribution >= 4 is 5.78 Å². The van der Waals surface area contributed by atoms with E-state index in [0.29, 0.717) is 12.8 Å². The number of hydrogen-bond donors (Lipinski definition) is 0. The van der Waals surface area contributed by atoms with Gasteiger partial charge in [0.15, 0.2) is 11.6 Å². The average molecular weight is 182 g/mol. The molecule has 0 atom stereocenters. The van der Waals surface area contributed by atoms with E-state index >= 15 is 0 Å². The smallest absolute Gasteiger partial charge is 0.159 e. The lowest BCUT2D eigenvalue weighted by Gasteiger charge is -2.24. The van der Waals surface area contributed by atoms with Gasteiger partial charge in [0.2, 0.25) is 0 Å². The number of rotatable bonds is 1. The van der Waals surface area contributed by atoms with E-state index < -0.39 is 11.6 Å². The molecule has 0 heterocycles. The normalized spacial score (nSPS) is 17.2. The van der Waals surface area contributed by atoms with Crippen molar-refractivity contribution in [1.29, 1.82) is 0 Å². The van der Waals surface area contributed by atoms with Gasteiger partial charge in [-0.1, -0.05) is 6.07 Å². The van der Waals surface area contributed by atoms with Crippen LogP contribution in [-0.2, 0) is 4.79 Å². The van der Waals surface area contributed by atoms with Crippen LogP contribution in [-0.4, -0.2) is 5.78 Å². The molecule has 1 aromatic carbocycles. The average Bonchev–Trinajstić information content (AvgIpc) is 2.05. The van der Waals surface area contributed by atoms with E-state index in [4.69, 9.17) is 0 Å². The topological polar surface area (TPSA) is 17.1 Å². The molecule has 13 heavy (non-hydrogen) atoms. The third kappa shape index (κ3) is 1.46. The second-order valence-corrected chi connectivity index (χ2v) is 3.32. The monoisotopic (exact) mass is 182 g/mol. The van der Waals surface area contributed by atoms with Crippen molar-refractivity contribution in [2.24, 2.45) is 0 Å². The number of hydrogen-bond acceptors (Lipinski definition) is 1. The molecule has 0 bridgehead atoms. The maximum Gasteiger partial charge on any atom is 0.159 e. The largest absolute Gasteiger partial charge is 0.300 e. The van der Waals surface area contributed by atoms with Crippen molar-refractivity contribution in [2.75, 3.05) is 0 Å². The number of ketones is 1. The maximum absolute atomic E-state index is 12.7. The predicted octanol–water partition coefficient (Wildman–Crippen LogP) is 2.41. The van der Waals surface area contributed by atoms with Crippen LogP contribution in [0.4, 0.5) is 8.78 Å². The highest BCUT2D eigenvalue weighted by Crippen LogP contribution is 2.33. The number of benzene rings is 1. The Morgan fingerprint density at radius 2 is 1.85 bits per heavy atom. The summed E-state index contributed by atoms with van der Waals surface area (Å²) in [5.74, 6) is -1.39. The van der Waals surface area contributed by atoms with Gasteiger partial charge >= 0.3 is 0 Å². The van der Waals surface area contributed by atoms with Crippen LogP contribution in [0, 0.1) is 11.6 Å². The van der Waals surface area contributed by atoms with Crippen molar-refractivity contribution in [1.82, 2.24) is 0 Å². The molecule has 0 unspecified atom stereocenters. The molecule has 0 N–H and O–H groups in total. The second kappa shape index (κ2) is 2.91. The van der Waals surface area contributed by atoms with E-state index in [1.807, 2.05) is 0 Å². The maximum atomic E-state index is 12.7. The van der Waals surface area contributed by atoms with Crippen LogP contribution in [0.3, 0.4) is 0 Å². The minimum Gasteiger partial charge on any atom is -0.300 e. The first-order valence-electron chi connectivity index (χ1n) is 4.13. The third-order valence-electron chi connectivity index (χ3n) is 2.36. The highest BCUT2D eigenvalue weighted by molar-refractivity contribution is 5.86. The molecule has 0 aromatic heterocycles. The second-order valence-electron chi connectivity index (χ2n) is 3.32. The summed E-state index contributed by atoms with van der Waals surface area (Å²) in [6, 6.07) is 3.81. The van der Waals surface area contributed by atoms with E-state index in [-0.39, 0.29) is 11.7 Å². The van der Waals surface area contributed by atoms with Gasteiger partial charge in [-0.2, -0.15) is 0 Å². The number of halogens is 2. The fraction of sp³-hybridized carbons (Fsp3) is 0.300. The lowest BCUT2D eigenvalue weighted by molar-refractivity contribution is -0.124. The quantitative estimate of drug-likeness (QED) is 0.651. The first kappa shape index (κ1) is 8.35. The van der Waals surface area contributed by atoms with Gasteiger partial charge in [0.05, 0.1) is 0 Å². The molecule has 68 valence electrons. The summed E-state index contributed by atoms with van der Waals surface area (Å²) in [6.07, 6.45) is 0.927. The van der Waals surface area contributed by atoms with Gasteiger partial charge in [0.1, 0.15) is 5.78 Å². The van der Waals surface area contributed by atoms with Crippen LogP contribution < -0.4 is 0 Å². The fourth-order valence-corrected chi connectivity index (χ4v) is 1.49. The molecule has 1 aliphatic carbocycles. The number of Topliss-reactive ketones (excluding diaryl/α,β-unsaturated/α-hetero) is 1. The van der Waals surface area contributed by atoms with Gasteiger partial charge < -0.3 is 0 Å². The van der Waals surface area contributed by atoms with Gasteiger partial charge in [0.25, 0.3) is 0 Å². The van der Waals surface area contributed by atoms with E-state index in [1.165, 1.54) is 12.1 Å². The zero-order valence-corrected chi connectivity index (χ0v) is 6.89. The van der Waals surface area contributed by atoms with Gasteiger partial charge in [-0.25, -0.2) is 8.78 Å². The van der Waals surface area contributed by atoms with Crippen molar-refractivity contribution < 1.29 is 13.6 Å². The molecule has 1 fully saturated rings. The molecule has 1 saturated carbocycles. The van der Waals surface area contributed by atoms with Crippen molar-refractivity contribution in [2.45, 2.75) is 18.8 Å². The Labute approximate surface area is 74.4 Å². The third-order valence-corrected chi connectivity index (χ3v) is 2.36. The summed E-state index contributed by atoms with van der Waals surface area (Å²) >= 11 is 0. The van der Waals surface area contributed by atoms with Gasteiger partial charge in [-0.15, -0.1) is 0 Å². The molecule has 0 spiro atoms. The molecule has 1 nitrogen and oxygen atoms in total. The summed E-state index contributed by atoms with van der Waals surface area (Å²) in [7, 11) is 0. The molecular weight excluding hydrogens is 174 g/mol. The molecular formula is C10H8F2O. The lowest BCUT2D eigenvalue weighted by Crippen LogP contribution is -2.21. The fourth-order valence-electron chi connectivity index (χ4n) is 1.49. The minimum atomic E-state index is -0.839. The number of carbonyl (C=O) groups is 1. The SMILES string of the molecule is O=C1CC(c2ccc(F)c(F)c2)C1. The van der Waals surface area contributed by atoms with Crippen molar-refractivity contribution in [3.05, 3.63) is 35.4 Å². The van der Waals surface area contributed by atoms with Crippen LogP contribution in [0.1, 0.15) is 24.3 Å². The molecule has 2 rings (SSSR count). The molecule has 3 heteroatoms. The molecule has 0 radical (unpaired) electrons. The van der Waals surface area contributed by atoms with Gasteiger partial charge in [0, 0.05) is 12.8 Å². The Hall–Kier alpha value is -1.25. The van der Waals surface area contributed by atoms with Crippen LogP contribution in [0.5, 0.6) is 0 Å². The Morgan fingerprint density at radius 1 is 1.15 bits per heavy atom. The molecule has 1 aliphatic rings. The van der Waals surface area contributed by atoms with E-state index in [0.717, 1.165) is 11.6 Å². The Kier molecular flexibility index (Phi) is 1.87. The van der Waals surface area contributed by atoms with Crippen molar-refractivity contribution in [3.8, 4) is 0 Å². The zero-order chi connectivity index (χ0) is 9.42.